The van der Waals surface area contributed by atoms with Crippen molar-refractivity contribution in [1.29, 1.82) is 0 Å². The highest BCUT2D eigenvalue weighted by Crippen LogP contribution is 2.29. The molecule has 0 aliphatic heterocycles. The summed E-state index contributed by atoms with van der Waals surface area (Å²) in [4.78, 5) is 12.1. The Bertz CT molecular complexity index is 576. The SMILES string of the molecule is COc1nc(Cl)nc(-c2ccccc2OC(C)C)n1. The van der Waals surface area contributed by atoms with Crippen molar-refractivity contribution < 1.29 is 9.47 Å². The largest absolute Gasteiger partial charge is 0.490 e. The Morgan fingerprint density at radius 1 is 1.11 bits per heavy atom. The molecule has 0 fully saturated rings. The van der Waals surface area contributed by atoms with Gasteiger partial charge in [0.2, 0.25) is 5.28 Å². The zero-order valence-electron chi connectivity index (χ0n) is 10.9. The van der Waals surface area contributed by atoms with Crippen LogP contribution in [0.4, 0.5) is 0 Å². The van der Waals surface area contributed by atoms with Crippen molar-refractivity contribution in [3.63, 3.8) is 0 Å². The van der Waals surface area contributed by atoms with E-state index in [1.54, 1.807) is 0 Å². The van der Waals surface area contributed by atoms with Gasteiger partial charge >= 0.3 is 6.01 Å². The molecule has 1 aromatic heterocycles. The van der Waals surface area contributed by atoms with Crippen molar-refractivity contribution in [3.8, 4) is 23.1 Å². The highest BCUT2D eigenvalue weighted by atomic mass is 35.5. The summed E-state index contributed by atoms with van der Waals surface area (Å²) in [6.45, 7) is 3.91. The first-order valence-corrected chi connectivity index (χ1v) is 6.19. The zero-order chi connectivity index (χ0) is 13.8. The van der Waals surface area contributed by atoms with Gasteiger partial charge in [0.15, 0.2) is 5.82 Å². The zero-order valence-corrected chi connectivity index (χ0v) is 11.7. The molecule has 0 unspecified atom stereocenters. The molecule has 0 amide bonds. The topological polar surface area (TPSA) is 57.1 Å². The molecule has 1 heterocycles. The molecular formula is C13H14ClN3O2. The first-order valence-electron chi connectivity index (χ1n) is 5.81. The van der Waals surface area contributed by atoms with E-state index in [1.165, 1.54) is 7.11 Å². The Labute approximate surface area is 116 Å². The van der Waals surface area contributed by atoms with Gasteiger partial charge in [0.05, 0.1) is 18.8 Å². The predicted octanol–water partition coefficient (Wildman–Crippen LogP) is 2.99. The van der Waals surface area contributed by atoms with Gasteiger partial charge < -0.3 is 9.47 Å². The van der Waals surface area contributed by atoms with E-state index in [0.29, 0.717) is 11.6 Å². The van der Waals surface area contributed by atoms with E-state index in [9.17, 15) is 0 Å². The second-order valence-electron chi connectivity index (χ2n) is 4.08. The maximum atomic E-state index is 5.85. The highest BCUT2D eigenvalue weighted by Gasteiger charge is 2.13. The Kier molecular flexibility index (Phi) is 4.16. The lowest BCUT2D eigenvalue weighted by Crippen LogP contribution is -2.07. The summed E-state index contributed by atoms with van der Waals surface area (Å²) in [5, 5.41) is 0.0844. The van der Waals surface area contributed by atoms with Crippen LogP contribution in [0, 0.1) is 0 Å². The fourth-order valence-corrected chi connectivity index (χ4v) is 1.70. The van der Waals surface area contributed by atoms with Crippen LogP contribution in [0.2, 0.25) is 5.28 Å². The van der Waals surface area contributed by atoms with E-state index in [-0.39, 0.29) is 17.4 Å². The summed E-state index contributed by atoms with van der Waals surface area (Å²) in [6, 6.07) is 7.67. The molecule has 0 aliphatic rings. The molecule has 0 saturated carbocycles. The number of para-hydroxylation sites is 1. The Morgan fingerprint density at radius 2 is 1.84 bits per heavy atom. The monoisotopic (exact) mass is 279 g/mol. The summed E-state index contributed by atoms with van der Waals surface area (Å²) in [5.41, 5.74) is 0.749. The molecule has 100 valence electrons. The Hall–Kier alpha value is -1.88. The quantitative estimate of drug-likeness (QED) is 0.861. The van der Waals surface area contributed by atoms with Gasteiger partial charge in [-0.25, -0.2) is 0 Å². The molecule has 0 N–H and O–H groups in total. The third-order valence-corrected chi connectivity index (χ3v) is 2.43. The molecule has 0 aliphatic carbocycles. The number of halogens is 1. The van der Waals surface area contributed by atoms with Crippen LogP contribution >= 0.6 is 11.6 Å². The van der Waals surface area contributed by atoms with Crippen LogP contribution in [0.3, 0.4) is 0 Å². The fourth-order valence-electron chi connectivity index (χ4n) is 1.55. The number of hydrogen-bond acceptors (Lipinski definition) is 5. The minimum atomic E-state index is 0.0559. The number of aromatic nitrogens is 3. The van der Waals surface area contributed by atoms with Crippen molar-refractivity contribution in [2.75, 3.05) is 7.11 Å². The van der Waals surface area contributed by atoms with Gasteiger partial charge in [-0.15, -0.1) is 0 Å². The number of hydrogen-bond donors (Lipinski definition) is 0. The molecule has 1 aromatic carbocycles. The van der Waals surface area contributed by atoms with Crippen LogP contribution in [0.1, 0.15) is 13.8 Å². The second-order valence-corrected chi connectivity index (χ2v) is 4.42. The van der Waals surface area contributed by atoms with Crippen LogP contribution in [-0.4, -0.2) is 28.2 Å². The molecule has 0 atom stereocenters. The number of rotatable bonds is 4. The first-order chi connectivity index (χ1) is 9.10. The molecule has 5 nitrogen and oxygen atoms in total. The Morgan fingerprint density at radius 3 is 2.53 bits per heavy atom. The molecule has 0 spiro atoms. The number of ether oxygens (including phenoxy) is 2. The lowest BCUT2D eigenvalue weighted by molar-refractivity contribution is 0.243. The average Bonchev–Trinajstić information content (AvgIpc) is 2.38. The van der Waals surface area contributed by atoms with Crippen molar-refractivity contribution in [1.82, 2.24) is 15.0 Å². The normalized spacial score (nSPS) is 10.6. The number of benzene rings is 1. The third kappa shape index (κ3) is 3.32. The number of methoxy groups -OCH3 is 1. The smallest absolute Gasteiger partial charge is 0.321 e. The van der Waals surface area contributed by atoms with Gasteiger partial charge in [0, 0.05) is 0 Å². The second kappa shape index (κ2) is 5.84. The van der Waals surface area contributed by atoms with Crippen LogP contribution < -0.4 is 9.47 Å². The van der Waals surface area contributed by atoms with Gasteiger partial charge in [0.1, 0.15) is 5.75 Å². The van der Waals surface area contributed by atoms with Crippen molar-refractivity contribution in [3.05, 3.63) is 29.5 Å². The van der Waals surface area contributed by atoms with Crippen molar-refractivity contribution >= 4 is 11.6 Å². The summed E-state index contributed by atoms with van der Waals surface area (Å²) >= 11 is 5.85. The van der Waals surface area contributed by atoms with Gasteiger partial charge in [-0.3, -0.25) is 0 Å². The van der Waals surface area contributed by atoms with Crippen molar-refractivity contribution in [2.24, 2.45) is 0 Å². The molecule has 0 bridgehead atoms. The van der Waals surface area contributed by atoms with E-state index in [2.05, 4.69) is 15.0 Å². The summed E-state index contributed by atoms with van der Waals surface area (Å²) < 4.78 is 10.7. The number of nitrogens with zero attached hydrogens (tertiary/aromatic N) is 3. The first kappa shape index (κ1) is 13.5. The summed E-state index contributed by atoms with van der Waals surface area (Å²) in [6.07, 6.45) is 0.0559. The van der Waals surface area contributed by atoms with Gasteiger partial charge in [-0.2, -0.15) is 15.0 Å². The minimum absolute atomic E-state index is 0.0559. The van der Waals surface area contributed by atoms with Crippen molar-refractivity contribution in [2.45, 2.75) is 20.0 Å². The molecule has 0 saturated heterocycles. The fraction of sp³-hybridized carbons (Fsp3) is 0.308. The molecule has 6 heteroatoms. The van der Waals surface area contributed by atoms with E-state index >= 15 is 0 Å². The summed E-state index contributed by atoms with van der Waals surface area (Å²) in [7, 11) is 1.48. The van der Waals surface area contributed by atoms with E-state index < -0.39 is 0 Å². The molecule has 2 rings (SSSR count). The lowest BCUT2D eigenvalue weighted by atomic mass is 10.2. The lowest BCUT2D eigenvalue weighted by Gasteiger charge is -2.13. The van der Waals surface area contributed by atoms with E-state index in [1.807, 2.05) is 38.1 Å². The van der Waals surface area contributed by atoms with Gasteiger partial charge in [-0.05, 0) is 37.6 Å². The van der Waals surface area contributed by atoms with Gasteiger partial charge in [-0.1, -0.05) is 12.1 Å². The standard InChI is InChI=1S/C13H14ClN3O2/c1-8(2)19-10-7-5-4-6-9(10)11-15-12(14)17-13(16-11)18-3/h4-8H,1-3H3. The van der Waals surface area contributed by atoms with Crippen LogP contribution in [0.5, 0.6) is 11.8 Å². The predicted molar refractivity (Wildman–Crippen MR) is 72.6 cm³/mol. The molecule has 19 heavy (non-hydrogen) atoms. The highest BCUT2D eigenvalue weighted by molar-refractivity contribution is 6.28. The van der Waals surface area contributed by atoms with Gasteiger partial charge in [0.25, 0.3) is 0 Å². The minimum Gasteiger partial charge on any atom is -0.490 e. The van der Waals surface area contributed by atoms with Crippen LogP contribution in [-0.2, 0) is 0 Å². The van der Waals surface area contributed by atoms with Crippen LogP contribution in [0.25, 0.3) is 11.4 Å². The molecule has 0 radical (unpaired) electrons. The van der Waals surface area contributed by atoms with Crippen LogP contribution in [0.15, 0.2) is 24.3 Å². The molecular weight excluding hydrogens is 266 g/mol. The Balaban J connectivity index is 2.49. The maximum Gasteiger partial charge on any atom is 0.321 e. The summed E-state index contributed by atoms with van der Waals surface area (Å²) in [5.74, 6) is 1.12. The third-order valence-electron chi connectivity index (χ3n) is 2.26. The van der Waals surface area contributed by atoms with E-state index in [4.69, 9.17) is 21.1 Å². The average molecular weight is 280 g/mol. The van der Waals surface area contributed by atoms with E-state index in [0.717, 1.165) is 5.56 Å². The molecule has 2 aromatic rings. The maximum absolute atomic E-state index is 5.85.